The fraction of sp³-hybridized carbons (Fsp3) is 0.211. The molecule has 2 aromatic carbocycles. The first-order chi connectivity index (χ1) is 11.8. The number of anilines is 1. The summed E-state index contributed by atoms with van der Waals surface area (Å²) in [5.74, 6) is -0.303. The van der Waals surface area contributed by atoms with Crippen molar-refractivity contribution in [2.75, 3.05) is 5.32 Å². The number of rotatable bonds is 4. The third kappa shape index (κ3) is 3.49. The molecule has 1 amide bonds. The maximum atomic E-state index is 12.5. The molecule has 2 aromatic rings. The van der Waals surface area contributed by atoms with Crippen LogP contribution in [0.15, 0.2) is 49.1 Å². The molecule has 6 heteroatoms. The average molecular weight is 356 g/mol. The average Bonchev–Trinajstić information content (AvgIpc) is 2.76. The Kier molecular flexibility index (Phi) is 4.74. The second kappa shape index (κ2) is 6.67. The Morgan fingerprint density at radius 2 is 2.12 bits per heavy atom. The van der Waals surface area contributed by atoms with E-state index >= 15 is 0 Å². The number of benzene rings is 2. The van der Waals surface area contributed by atoms with Crippen LogP contribution in [0.5, 0.6) is 0 Å². The summed E-state index contributed by atoms with van der Waals surface area (Å²) in [6.45, 7) is 7.48. The highest BCUT2D eigenvalue weighted by Gasteiger charge is 2.40. The number of allylic oxidation sites excluding steroid dienone is 1. The van der Waals surface area contributed by atoms with E-state index in [9.17, 15) is 9.82 Å². The number of carbonyl (C=O) groups excluding carboxylic acids is 1. The van der Waals surface area contributed by atoms with Gasteiger partial charge in [0.25, 0.3) is 5.91 Å². The Hall–Kier alpha value is -2.08. The zero-order valence-electron chi connectivity index (χ0n) is 14.2. The van der Waals surface area contributed by atoms with Crippen LogP contribution in [0.25, 0.3) is 0 Å². The second-order valence-electron chi connectivity index (χ2n) is 6.54. The van der Waals surface area contributed by atoms with Crippen LogP contribution in [0.3, 0.4) is 0 Å². The highest BCUT2D eigenvalue weighted by molar-refractivity contribution is 6.62. The highest BCUT2D eigenvalue weighted by atomic mass is 35.5. The zero-order valence-corrected chi connectivity index (χ0v) is 14.9. The van der Waals surface area contributed by atoms with Crippen LogP contribution in [-0.4, -0.2) is 18.0 Å². The lowest BCUT2D eigenvalue weighted by molar-refractivity contribution is 0.101. The van der Waals surface area contributed by atoms with E-state index in [1.807, 2.05) is 26.0 Å². The number of carbonyl (C=O) groups is 1. The lowest BCUT2D eigenvalue weighted by Crippen LogP contribution is -2.29. The molecule has 1 aliphatic heterocycles. The van der Waals surface area contributed by atoms with Gasteiger partial charge < -0.3 is 15.0 Å². The molecule has 3 rings (SSSR count). The molecule has 0 aromatic heterocycles. The highest BCUT2D eigenvalue weighted by Crippen LogP contribution is 2.31. The first-order valence-electron chi connectivity index (χ1n) is 8.03. The van der Waals surface area contributed by atoms with Gasteiger partial charge in [-0.1, -0.05) is 29.8 Å². The minimum Gasteiger partial charge on any atom is -0.423 e. The minimum absolute atomic E-state index is 0.303. The van der Waals surface area contributed by atoms with E-state index in [-0.39, 0.29) is 5.91 Å². The monoisotopic (exact) mass is 355 g/mol. The summed E-state index contributed by atoms with van der Waals surface area (Å²) < 4.78 is 5.53. The van der Waals surface area contributed by atoms with E-state index in [1.165, 1.54) is 0 Å². The molecule has 0 atom stereocenters. The van der Waals surface area contributed by atoms with Gasteiger partial charge in [-0.2, -0.15) is 0 Å². The molecule has 25 heavy (non-hydrogen) atoms. The van der Waals surface area contributed by atoms with E-state index in [0.717, 1.165) is 11.1 Å². The predicted molar refractivity (Wildman–Crippen MR) is 101 cm³/mol. The molecule has 128 valence electrons. The van der Waals surface area contributed by atoms with Crippen molar-refractivity contribution in [2.45, 2.75) is 25.9 Å². The molecule has 0 bridgehead atoms. The number of amides is 1. The molecule has 0 saturated heterocycles. The molecule has 0 fully saturated rings. The summed E-state index contributed by atoms with van der Waals surface area (Å²) in [4.78, 5) is 12.5. The van der Waals surface area contributed by atoms with Gasteiger partial charge >= 0.3 is 7.12 Å². The quantitative estimate of drug-likeness (QED) is 0.654. The Bertz CT molecular complexity index is 851. The first-order valence-corrected chi connectivity index (χ1v) is 8.40. The fourth-order valence-corrected chi connectivity index (χ4v) is 3.32. The van der Waals surface area contributed by atoms with Crippen molar-refractivity contribution in [3.63, 3.8) is 0 Å². The van der Waals surface area contributed by atoms with Gasteiger partial charge in [0.05, 0.1) is 16.2 Å². The van der Waals surface area contributed by atoms with Crippen LogP contribution >= 0.6 is 11.6 Å². The van der Waals surface area contributed by atoms with Crippen LogP contribution in [0, 0.1) is 0 Å². The van der Waals surface area contributed by atoms with Crippen LogP contribution in [-0.2, 0) is 16.7 Å². The Labute approximate surface area is 152 Å². The van der Waals surface area contributed by atoms with E-state index in [4.69, 9.17) is 16.3 Å². The number of hydrogen-bond acceptors (Lipinski definition) is 3. The van der Waals surface area contributed by atoms with E-state index in [1.54, 1.807) is 30.3 Å². The molecule has 0 spiro atoms. The largest absolute Gasteiger partial charge is 0.492 e. The molecule has 1 heterocycles. The molecule has 2 N–H and O–H groups in total. The SMILES string of the molecule is C=CCc1ccc(C(=O)Nc2ccc3c(c2)B(O)OC3(C)C)c(Cl)c1. The minimum atomic E-state index is -0.997. The molecular weight excluding hydrogens is 336 g/mol. The van der Waals surface area contributed by atoms with E-state index in [2.05, 4.69) is 11.9 Å². The van der Waals surface area contributed by atoms with E-state index in [0.29, 0.717) is 28.2 Å². The summed E-state index contributed by atoms with van der Waals surface area (Å²) in [6.07, 6.45) is 2.48. The van der Waals surface area contributed by atoms with Crippen molar-refractivity contribution < 1.29 is 14.5 Å². The van der Waals surface area contributed by atoms with Gasteiger partial charge in [0.1, 0.15) is 0 Å². The third-order valence-corrected chi connectivity index (χ3v) is 4.60. The molecular formula is C19H19BClNO3. The lowest BCUT2D eigenvalue weighted by Gasteiger charge is -2.19. The van der Waals surface area contributed by atoms with Crippen molar-refractivity contribution in [1.82, 2.24) is 0 Å². The van der Waals surface area contributed by atoms with Gasteiger partial charge in [-0.15, -0.1) is 6.58 Å². The summed E-state index contributed by atoms with van der Waals surface area (Å²) in [7, 11) is -0.997. The Balaban J connectivity index is 1.83. The van der Waals surface area contributed by atoms with Gasteiger partial charge in [-0.25, -0.2) is 0 Å². The molecule has 0 aliphatic carbocycles. The van der Waals surface area contributed by atoms with Crippen molar-refractivity contribution in [2.24, 2.45) is 0 Å². The van der Waals surface area contributed by atoms with Crippen molar-refractivity contribution in [3.8, 4) is 0 Å². The summed E-state index contributed by atoms with van der Waals surface area (Å²) >= 11 is 6.23. The predicted octanol–water partition coefficient (Wildman–Crippen LogP) is 3.27. The zero-order chi connectivity index (χ0) is 18.2. The molecule has 1 aliphatic rings. The Morgan fingerprint density at radius 3 is 2.80 bits per heavy atom. The van der Waals surface area contributed by atoms with Gasteiger partial charge in [0.2, 0.25) is 0 Å². The van der Waals surface area contributed by atoms with Crippen molar-refractivity contribution in [3.05, 3.63) is 70.8 Å². The topological polar surface area (TPSA) is 58.6 Å². The first kappa shape index (κ1) is 17.7. The van der Waals surface area contributed by atoms with Crippen molar-refractivity contribution in [1.29, 1.82) is 0 Å². The maximum Gasteiger partial charge on any atom is 0.492 e. The molecule has 0 radical (unpaired) electrons. The molecule has 4 nitrogen and oxygen atoms in total. The van der Waals surface area contributed by atoms with Crippen LogP contribution in [0.2, 0.25) is 5.02 Å². The number of nitrogens with one attached hydrogen (secondary N) is 1. The van der Waals surface area contributed by atoms with Crippen LogP contribution in [0.1, 0.15) is 35.3 Å². The number of fused-ring (bicyclic) bond motifs is 1. The van der Waals surface area contributed by atoms with Gasteiger partial charge in [0.15, 0.2) is 0 Å². The number of hydrogen-bond donors (Lipinski definition) is 2. The van der Waals surface area contributed by atoms with E-state index < -0.39 is 12.7 Å². The smallest absolute Gasteiger partial charge is 0.423 e. The fourth-order valence-electron chi connectivity index (χ4n) is 3.03. The van der Waals surface area contributed by atoms with Gasteiger partial charge in [0, 0.05) is 5.69 Å². The van der Waals surface area contributed by atoms with Crippen molar-refractivity contribution >= 4 is 35.8 Å². The van der Waals surface area contributed by atoms with Crippen LogP contribution < -0.4 is 10.8 Å². The second-order valence-corrected chi connectivity index (χ2v) is 6.95. The normalized spacial score (nSPS) is 15.0. The maximum absolute atomic E-state index is 12.5. The standard InChI is InChI=1S/C19H19BClNO3/c1-4-5-12-6-8-14(17(21)10-12)18(23)22-13-7-9-15-16(11-13)20(24)25-19(15,2)3/h4,6-11,24H,1,5H2,2-3H3,(H,22,23). The molecule has 0 unspecified atom stereocenters. The molecule has 0 saturated carbocycles. The summed E-state index contributed by atoms with van der Waals surface area (Å²) in [6, 6.07) is 10.7. The summed E-state index contributed by atoms with van der Waals surface area (Å²) in [5, 5.41) is 13.3. The van der Waals surface area contributed by atoms with Gasteiger partial charge in [-0.3, -0.25) is 4.79 Å². The Morgan fingerprint density at radius 1 is 1.36 bits per heavy atom. The van der Waals surface area contributed by atoms with Gasteiger partial charge in [-0.05, 0) is 61.1 Å². The third-order valence-electron chi connectivity index (χ3n) is 4.29. The van der Waals surface area contributed by atoms with Crippen LogP contribution in [0.4, 0.5) is 5.69 Å². The number of halogens is 1. The summed E-state index contributed by atoms with van der Waals surface area (Å²) in [5.41, 5.74) is 2.99. The lowest BCUT2D eigenvalue weighted by atomic mass is 9.78.